The number of benzene rings is 2. The van der Waals surface area contributed by atoms with Crippen molar-refractivity contribution in [2.24, 2.45) is 0 Å². The third kappa shape index (κ3) is 3.48. The third-order valence-corrected chi connectivity index (χ3v) is 4.76. The number of hydrogen-bond acceptors (Lipinski definition) is 4. The Kier molecular flexibility index (Phi) is 4.53. The van der Waals surface area contributed by atoms with E-state index in [0.717, 1.165) is 33.1 Å². The van der Waals surface area contributed by atoms with Gasteiger partial charge in [0.15, 0.2) is 0 Å². The fourth-order valence-corrected chi connectivity index (χ4v) is 3.51. The standard InChI is InChI=1S/C19H17NO2S/c1-2-13-8-10-14(11-9-13)18-16(12-17(21)22)23-19(20-18)15-6-4-3-5-7-15/h3-11H,2,12H2,1H3,(H,21,22)/p-1. The minimum Gasteiger partial charge on any atom is -0.550 e. The first-order valence-corrected chi connectivity index (χ1v) is 8.33. The van der Waals surface area contributed by atoms with Crippen molar-refractivity contribution in [1.82, 2.24) is 4.98 Å². The van der Waals surface area contributed by atoms with Crippen molar-refractivity contribution >= 4 is 17.3 Å². The first kappa shape index (κ1) is 15.4. The summed E-state index contributed by atoms with van der Waals surface area (Å²) in [5.41, 5.74) is 3.92. The van der Waals surface area contributed by atoms with Gasteiger partial charge < -0.3 is 9.90 Å². The van der Waals surface area contributed by atoms with Gasteiger partial charge in [-0.05, 0) is 12.0 Å². The van der Waals surface area contributed by atoms with E-state index < -0.39 is 5.97 Å². The molecule has 0 saturated heterocycles. The van der Waals surface area contributed by atoms with Gasteiger partial charge in [0, 0.05) is 28.4 Å². The number of aromatic nitrogens is 1. The lowest BCUT2D eigenvalue weighted by Gasteiger charge is -2.04. The van der Waals surface area contributed by atoms with Crippen LogP contribution in [-0.4, -0.2) is 11.0 Å². The molecule has 1 aromatic heterocycles. The predicted octanol–water partition coefficient (Wildman–Crippen LogP) is 3.33. The van der Waals surface area contributed by atoms with E-state index >= 15 is 0 Å². The van der Waals surface area contributed by atoms with E-state index in [1.54, 1.807) is 0 Å². The van der Waals surface area contributed by atoms with Crippen LogP contribution < -0.4 is 5.11 Å². The number of carbonyl (C=O) groups excluding carboxylic acids is 1. The summed E-state index contributed by atoms with van der Waals surface area (Å²) in [4.78, 5) is 16.5. The van der Waals surface area contributed by atoms with Crippen LogP contribution in [0.3, 0.4) is 0 Å². The van der Waals surface area contributed by atoms with Gasteiger partial charge in [-0.15, -0.1) is 11.3 Å². The van der Waals surface area contributed by atoms with Crippen LogP contribution in [0.2, 0.25) is 0 Å². The molecular weight excluding hydrogens is 306 g/mol. The van der Waals surface area contributed by atoms with Crippen LogP contribution in [-0.2, 0) is 17.6 Å². The predicted molar refractivity (Wildman–Crippen MR) is 91.1 cm³/mol. The lowest BCUT2D eigenvalue weighted by atomic mass is 10.1. The number of carbonyl (C=O) groups is 1. The number of nitrogens with zero attached hydrogens (tertiary/aromatic N) is 1. The zero-order valence-electron chi connectivity index (χ0n) is 12.8. The Balaban J connectivity index is 2.06. The highest BCUT2D eigenvalue weighted by molar-refractivity contribution is 7.15. The van der Waals surface area contributed by atoms with Crippen LogP contribution >= 0.6 is 11.3 Å². The van der Waals surface area contributed by atoms with Crippen molar-refractivity contribution in [3.8, 4) is 21.8 Å². The summed E-state index contributed by atoms with van der Waals surface area (Å²) in [6.07, 6.45) is 0.855. The van der Waals surface area contributed by atoms with Crippen LogP contribution in [0.5, 0.6) is 0 Å². The molecule has 0 aliphatic rings. The highest BCUT2D eigenvalue weighted by Crippen LogP contribution is 2.34. The van der Waals surface area contributed by atoms with E-state index in [2.05, 4.69) is 24.0 Å². The maximum atomic E-state index is 11.1. The van der Waals surface area contributed by atoms with E-state index in [9.17, 15) is 9.90 Å². The molecule has 0 radical (unpaired) electrons. The molecule has 0 saturated carbocycles. The average Bonchev–Trinajstić information content (AvgIpc) is 2.99. The summed E-state index contributed by atoms with van der Waals surface area (Å²) in [7, 11) is 0. The minimum atomic E-state index is -1.08. The van der Waals surface area contributed by atoms with Gasteiger partial charge in [0.2, 0.25) is 0 Å². The second kappa shape index (κ2) is 6.75. The first-order chi connectivity index (χ1) is 11.2. The normalized spacial score (nSPS) is 10.7. The highest BCUT2D eigenvalue weighted by Gasteiger charge is 2.14. The summed E-state index contributed by atoms with van der Waals surface area (Å²) < 4.78 is 0. The zero-order valence-corrected chi connectivity index (χ0v) is 13.6. The fraction of sp³-hybridized carbons (Fsp3) is 0.158. The van der Waals surface area contributed by atoms with E-state index in [1.165, 1.54) is 16.9 Å². The van der Waals surface area contributed by atoms with Gasteiger partial charge in [0.1, 0.15) is 5.01 Å². The van der Waals surface area contributed by atoms with Crippen molar-refractivity contribution in [3.63, 3.8) is 0 Å². The third-order valence-electron chi connectivity index (χ3n) is 3.66. The van der Waals surface area contributed by atoms with Gasteiger partial charge in [0.05, 0.1) is 5.69 Å². The number of rotatable bonds is 5. The van der Waals surface area contributed by atoms with Crippen LogP contribution in [0.1, 0.15) is 17.4 Å². The van der Waals surface area contributed by atoms with Gasteiger partial charge in [-0.3, -0.25) is 0 Å². The second-order valence-corrected chi connectivity index (χ2v) is 6.34. The number of thiazole rings is 1. The summed E-state index contributed by atoms with van der Waals surface area (Å²) in [6, 6.07) is 17.9. The number of carboxylic acids is 1. The van der Waals surface area contributed by atoms with Gasteiger partial charge in [0.25, 0.3) is 0 Å². The number of carboxylic acid groups (broad SMARTS) is 1. The smallest absolute Gasteiger partial charge is 0.124 e. The quantitative estimate of drug-likeness (QED) is 0.724. The van der Waals surface area contributed by atoms with Crippen LogP contribution in [0.15, 0.2) is 54.6 Å². The molecule has 0 aliphatic carbocycles. The summed E-state index contributed by atoms with van der Waals surface area (Å²) in [6.45, 7) is 2.10. The molecule has 3 rings (SSSR count). The van der Waals surface area contributed by atoms with Crippen molar-refractivity contribution in [2.45, 2.75) is 19.8 Å². The van der Waals surface area contributed by atoms with E-state index in [0.29, 0.717) is 0 Å². The molecule has 0 spiro atoms. The van der Waals surface area contributed by atoms with Gasteiger partial charge >= 0.3 is 0 Å². The van der Waals surface area contributed by atoms with Gasteiger partial charge in [-0.1, -0.05) is 61.5 Å². The van der Waals surface area contributed by atoms with Crippen molar-refractivity contribution in [3.05, 3.63) is 65.0 Å². The van der Waals surface area contributed by atoms with E-state index in [4.69, 9.17) is 0 Å². The minimum absolute atomic E-state index is 0.116. The second-order valence-electron chi connectivity index (χ2n) is 5.26. The van der Waals surface area contributed by atoms with Gasteiger partial charge in [-0.25, -0.2) is 4.98 Å². The summed E-state index contributed by atoms with van der Waals surface area (Å²) >= 11 is 1.41. The molecule has 0 unspecified atom stereocenters. The molecule has 0 amide bonds. The summed E-state index contributed by atoms with van der Waals surface area (Å²) in [5.74, 6) is -1.08. The molecule has 0 aliphatic heterocycles. The van der Waals surface area contributed by atoms with Crippen molar-refractivity contribution < 1.29 is 9.90 Å². The number of hydrogen-bond donors (Lipinski definition) is 0. The van der Waals surface area contributed by atoms with Crippen molar-refractivity contribution in [2.75, 3.05) is 0 Å². The molecule has 3 nitrogen and oxygen atoms in total. The topological polar surface area (TPSA) is 53.0 Å². The average molecular weight is 322 g/mol. The van der Waals surface area contributed by atoms with Crippen LogP contribution in [0, 0.1) is 0 Å². The molecule has 0 N–H and O–H groups in total. The van der Waals surface area contributed by atoms with Crippen LogP contribution in [0.25, 0.3) is 21.8 Å². The molecule has 3 aromatic rings. The molecule has 0 bridgehead atoms. The SMILES string of the molecule is CCc1ccc(-c2nc(-c3ccccc3)sc2CC(=O)[O-])cc1. The molecule has 2 aromatic carbocycles. The fourth-order valence-electron chi connectivity index (χ4n) is 2.43. The molecule has 0 fully saturated rings. The Morgan fingerprint density at radius 2 is 1.74 bits per heavy atom. The van der Waals surface area contributed by atoms with Gasteiger partial charge in [-0.2, -0.15) is 0 Å². The Labute approximate surface area is 139 Å². The lowest BCUT2D eigenvalue weighted by Crippen LogP contribution is -2.24. The highest BCUT2D eigenvalue weighted by atomic mass is 32.1. The molecule has 4 heteroatoms. The molecular formula is C19H16NO2S-. The maximum Gasteiger partial charge on any atom is 0.124 e. The van der Waals surface area contributed by atoms with E-state index in [-0.39, 0.29) is 6.42 Å². The van der Waals surface area contributed by atoms with Crippen LogP contribution in [0.4, 0.5) is 0 Å². The maximum absolute atomic E-state index is 11.1. The monoisotopic (exact) mass is 322 g/mol. The zero-order chi connectivity index (χ0) is 16.2. The Bertz CT molecular complexity index is 807. The Hall–Kier alpha value is -2.46. The van der Waals surface area contributed by atoms with Crippen molar-refractivity contribution in [1.29, 1.82) is 0 Å². The number of aliphatic carboxylic acids is 1. The molecule has 23 heavy (non-hydrogen) atoms. The summed E-state index contributed by atoms with van der Waals surface area (Å²) in [5, 5.41) is 11.9. The number of aryl methyl sites for hydroxylation is 1. The largest absolute Gasteiger partial charge is 0.550 e. The molecule has 1 heterocycles. The molecule has 0 atom stereocenters. The molecule has 116 valence electrons. The van der Waals surface area contributed by atoms with E-state index in [1.807, 2.05) is 42.5 Å². The first-order valence-electron chi connectivity index (χ1n) is 7.51. The lowest BCUT2D eigenvalue weighted by molar-refractivity contribution is -0.304. The Morgan fingerprint density at radius 3 is 2.35 bits per heavy atom. The Morgan fingerprint density at radius 1 is 1.04 bits per heavy atom.